The molecule has 0 saturated carbocycles. The Hall–Kier alpha value is -3.94. The van der Waals surface area contributed by atoms with Crippen LogP contribution in [0.4, 0.5) is 42.1 Å². The highest BCUT2D eigenvalue weighted by molar-refractivity contribution is 6.11. The maximum absolute atomic E-state index is 15.5. The first-order valence-corrected chi connectivity index (χ1v) is 12.4. The first kappa shape index (κ1) is 30.0. The van der Waals surface area contributed by atoms with Crippen molar-refractivity contribution in [3.05, 3.63) is 53.9 Å². The number of aliphatic imine (C=N–C) groups is 1. The minimum atomic E-state index is -5.00. The lowest BCUT2D eigenvalue weighted by atomic mass is 9.95. The molecule has 220 valence electrons. The fraction of sp³-hybridized carbons (Fsp3) is 0.370. The number of nitrogens with zero attached hydrogens (tertiary/aromatic N) is 3. The van der Waals surface area contributed by atoms with Crippen LogP contribution in [0.1, 0.15) is 13.8 Å². The van der Waals surface area contributed by atoms with Gasteiger partial charge in [0.25, 0.3) is 5.91 Å². The predicted molar refractivity (Wildman–Crippen MR) is 137 cm³/mol. The van der Waals surface area contributed by atoms with Gasteiger partial charge in [-0.05, 0) is 50.7 Å². The molecule has 7 nitrogen and oxygen atoms in total. The summed E-state index contributed by atoms with van der Waals surface area (Å²) in [5.41, 5.74) is -1.24. The summed E-state index contributed by atoms with van der Waals surface area (Å²) in [7, 11) is 1.92. The summed E-state index contributed by atoms with van der Waals surface area (Å²) in [4.78, 5) is 31.9. The van der Waals surface area contributed by atoms with E-state index in [0.29, 0.717) is 19.3 Å². The van der Waals surface area contributed by atoms with Gasteiger partial charge in [0, 0.05) is 43.0 Å². The number of carbonyl (C=O) groups excluding carboxylic acids is 2. The molecule has 1 unspecified atom stereocenters. The molecular formula is C27H25F7N4O3. The van der Waals surface area contributed by atoms with Gasteiger partial charge in [-0.15, -0.1) is 13.2 Å². The van der Waals surface area contributed by atoms with Crippen molar-refractivity contribution in [2.75, 3.05) is 30.4 Å². The van der Waals surface area contributed by atoms with Crippen molar-refractivity contribution in [3.63, 3.8) is 0 Å². The molecule has 14 heteroatoms. The molecule has 0 spiro atoms. The smallest absolute Gasteiger partial charge is 0.406 e. The Labute approximate surface area is 230 Å². The SMILES string of the molecule is C[C@@H]1CN(c2cc(F)c(-c3ccc(OC(F)(F)F)cc3)cc2NC(=O)C2C=NC(=O)C=C2C(F)(F)F)C[C@H](C)N1C. The van der Waals surface area contributed by atoms with Crippen molar-refractivity contribution in [1.29, 1.82) is 0 Å². The van der Waals surface area contributed by atoms with Gasteiger partial charge in [0.1, 0.15) is 17.5 Å². The van der Waals surface area contributed by atoms with E-state index in [-0.39, 0.29) is 40.7 Å². The van der Waals surface area contributed by atoms with E-state index < -0.39 is 47.4 Å². The molecule has 2 aliphatic rings. The van der Waals surface area contributed by atoms with Crippen LogP contribution in [0.2, 0.25) is 0 Å². The topological polar surface area (TPSA) is 74.2 Å². The standard InChI is InChI=1S/C27H25F7N4O3/c1-14-12-38(13-15(2)37(14)3)23-10-21(28)18(16-4-6-17(7-5-16)41-27(32,33)34)8-22(23)36-25(40)19-11-35-24(39)9-20(19)26(29,30)31/h4-11,14-15,19H,12-13H2,1-3H3,(H,36,40)/t14-,15+,19?. The van der Waals surface area contributed by atoms with Crippen LogP contribution in [0.3, 0.4) is 0 Å². The van der Waals surface area contributed by atoms with Crippen molar-refractivity contribution in [2.24, 2.45) is 10.9 Å². The Bertz CT molecular complexity index is 1380. The molecule has 2 amide bonds. The van der Waals surface area contributed by atoms with Crippen LogP contribution in [-0.4, -0.2) is 67.7 Å². The van der Waals surface area contributed by atoms with E-state index in [1.165, 1.54) is 18.2 Å². The van der Waals surface area contributed by atoms with Crippen LogP contribution >= 0.6 is 0 Å². The molecule has 2 aliphatic heterocycles. The van der Waals surface area contributed by atoms with Gasteiger partial charge in [-0.1, -0.05) is 12.1 Å². The van der Waals surface area contributed by atoms with Crippen LogP contribution in [0.15, 0.2) is 53.0 Å². The van der Waals surface area contributed by atoms with Crippen LogP contribution < -0.4 is 15.0 Å². The molecule has 1 fully saturated rings. The first-order chi connectivity index (χ1) is 19.0. The number of amides is 2. The number of ether oxygens (including phenoxy) is 1. The molecule has 41 heavy (non-hydrogen) atoms. The maximum atomic E-state index is 15.5. The Kier molecular flexibility index (Phi) is 8.16. The predicted octanol–water partition coefficient (Wildman–Crippen LogP) is 5.57. The summed E-state index contributed by atoms with van der Waals surface area (Å²) >= 11 is 0. The van der Waals surface area contributed by atoms with Crippen LogP contribution in [0, 0.1) is 11.7 Å². The summed E-state index contributed by atoms with van der Waals surface area (Å²) < 4.78 is 97.9. The molecule has 0 radical (unpaired) electrons. The summed E-state index contributed by atoms with van der Waals surface area (Å²) in [6, 6.07) is 6.64. The first-order valence-electron chi connectivity index (χ1n) is 12.4. The summed E-state index contributed by atoms with van der Waals surface area (Å²) in [6.07, 6.45) is -9.08. The van der Waals surface area contributed by atoms with E-state index in [4.69, 9.17) is 0 Å². The fourth-order valence-corrected chi connectivity index (χ4v) is 4.75. The van der Waals surface area contributed by atoms with E-state index >= 15 is 4.39 Å². The van der Waals surface area contributed by atoms with Crippen molar-refractivity contribution in [1.82, 2.24) is 4.90 Å². The molecule has 1 N–H and O–H groups in total. The summed E-state index contributed by atoms with van der Waals surface area (Å²) in [6.45, 7) is 4.68. The second-order valence-electron chi connectivity index (χ2n) is 9.87. The zero-order valence-corrected chi connectivity index (χ0v) is 22.0. The molecule has 2 aromatic carbocycles. The van der Waals surface area contributed by atoms with Crippen LogP contribution in [0.5, 0.6) is 5.75 Å². The summed E-state index contributed by atoms with van der Waals surface area (Å²) in [5, 5.41) is 2.44. The number of likely N-dealkylation sites (N-methyl/N-ethyl adjacent to an activating group) is 1. The minimum absolute atomic E-state index is 0.00229. The van der Waals surface area contributed by atoms with Crippen LogP contribution in [0.25, 0.3) is 11.1 Å². The van der Waals surface area contributed by atoms with E-state index in [9.17, 15) is 35.9 Å². The zero-order chi connectivity index (χ0) is 30.3. The van der Waals surface area contributed by atoms with Crippen LogP contribution in [-0.2, 0) is 9.59 Å². The van der Waals surface area contributed by atoms with Gasteiger partial charge in [-0.25, -0.2) is 9.38 Å². The Morgan fingerprint density at radius 1 is 1.02 bits per heavy atom. The fourth-order valence-electron chi connectivity index (χ4n) is 4.75. The lowest BCUT2D eigenvalue weighted by Crippen LogP contribution is -2.55. The number of piperazine rings is 1. The highest BCUT2D eigenvalue weighted by atomic mass is 19.4. The van der Waals surface area contributed by atoms with Crippen molar-refractivity contribution in [3.8, 4) is 16.9 Å². The molecule has 0 aromatic heterocycles. The van der Waals surface area contributed by atoms with E-state index in [1.807, 2.05) is 20.9 Å². The molecule has 0 aliphatic carbocycles. The zero-order valence-electron chi connectivity index (χ0n) is 22.0. The monoisotopic (exact) mass is 586 g/mol. The second kappa shape index (κ2) is 11.1. The normalized spacial score (nSPS) is 22.0. The number of anilines is 2. The largest absolute Gasteiger partial charge is 0.573 e. The third-order valence-corrected chi connectivity index (χ3v) is 7.02. The number of hydrogen-bond donors (Lipinski definition) is 1. The van der Waals surface area contributed by atoms with E-state index in [0.717, 1.165) is 18.2 Å². The highest BCUT2D eigenvalue weighted by Gasteiger charge is 2.43. The van der Waals surface area contributed by atoms with Gasteiger partial charge >= 0.3 is 12.5 Å². The number of nitrogens with one attached hydrogen (secondary N) is 1. The number of hydrogen-bond acceptors (Lipinski definition) is 5. The van der Waals surface area contributed by atoms with Gasteiger partial charge in [0.15, 0.2) is 0 Å². The van der Waals surface area contributed by atoms with Gasteiger partial charge in [-0.2, -0.15) is 13.2 Å². The Morgan fingerprint density at radius 2 is 1.63 bits per heavy atom. The van der Waals surface area contributed by atoms with Crippen molar-refractivity contribution in [2.45, 2.75) is 38.5 Å². The van der Waals surface area contributed by atoms with Crippen molar-refractivity contribution < 1.29 is 45.1 Å². The minimum Gasteiger partial charge on any atom is -0.406 e. The summed E-state index contributed by atoms with van der Waals surface area (Å²) in [5.74, 6) is -5.58. The Morgan fingerprint density at radius 3 is 2.20 bits per heavy atom. The molecule has 1 saturated heterocycles. The molecule has 4 rings (SSSR count). The van der Waals surface area contributed by atoms with E-state index in [1.54, 1.807) is 4.90 Å². The molecule has 2 aromatic rings. The lowest BCUT2D eigenvalue weighted by Gasteiger charge is -2.44. The average Bonchev–Trinajstić information content (AvgIpc) is 2.86. The van der Waals surface area contributed by atoms with Gasteiger partial charge in [0.2, 0.25) is 5.91 Å². The average molecular weight is 587 g/mol. The third-order valence-electron chi connectivity index (χ3n) is 7.02. The number of rotatable bonds is 5. The second-order valence-corrected chi connectivity index (χ2v) is 9.87. The molecular weight excluding hydrogens is 561 g/mol. The molecule has 3 atom stereocenters. The maximum Gasteiger partial charge on any atom is 0.573 e. The highest BCUT2D eigenvalue weighted by Crippen LogP contribution is 2.38. The molecule has 0 bridgehead atoms. The third kappa shape index (κ3) is 6.87. The quantitative estimate of drug-likeness (QED) is 0.464. The Balaban J connectivity index is 1.75. The lowest BCUT2D eigenvalue weighted by molar-refractivity contribution is -0.274. The number of benzene rings is 2. The number of alkyl halides is 6. The van der Waals surface area contributed by atoms with Gasteiger partial charge < -0.3 is 15.0 Å². The number of dihydropyridines is 1. The number of halogens is 7. The molecule has 2 heterocycles. The van der Waals surface area contributed by atoms with Gasteiger partial charge in [-0.3, -0.25) is 14.5 Å². The number of carbonyl (C=O) groups is 2. The van der Waals surface area contributed by atoms with E-state index in [2.05, 4.69) is 19.9 Å². The van der Waals surface area contributed by atoms with Gasteiger partial charge in [0.05, 0.1) is 16.9 Å². The van der Waals surface area contributed by atoms with Crippen molar-refractivity contribution >= 4 is 29.4 Å².